The van der Waals surface area contributed by atoms with Crippen molar-refractivity contribution in [2.24, 2.45) is 0 Å². The van der Waals surface area contributed by atoms with Crippen LogP contribution in [0.4, 0.5) is 5.69 Å². The first-order valence-electron chi connectivity index (χ1n) is 10.6. The Morgan fingerprint density at radius 1 is 1.18 bits per heavy atom. The Balaban J connectivity index is 1.55. The highest BCUT2D eigenvalue weighted by molar-refractivity contribution is 6.14. The molecule has 1 aliphatic heterocycles. The molecule has 1 fully saturated rings. The Kier molecular flexibility index (Phi) is 6.46. The number of rotatable bonds is 7. The number of amides is 1. The third-order valence-electron chi connectivity index (χ3n) is 5.48. The number of benzene rings is 2. The highest BCUT2D eigenvalue weighted by atomic mass is 16.5. The quantitative estimate of drug-likeness (QED) is 0.422. The lowest BCUT2D eigenvalue weighted by Crippen LogP contribution is -2.30. The van der Waals surface area contributed by atoms with Crippen LogP contribution in [-0.4, -0.2) is 40.6 Å². The van der Waals surface area contributed by atoms with Crippen LogP contribution in [-0.2, 0) is 4.79 Å². The number of ether oxygens (including phenoxy) is 1. The fourth-order valence-corrected chi connectivity index (χ4v) is 3.77. The van der Waals surface area contributed by atoms with Crippen LogP contribution in [0.3, 0.4) is 0 Å². The Hall–Kier alpha value is -4.44. The molecule has 7 nitrogen and oxygen atoms in total. The molecule has 164 valence electrons. The molecular formula is C26H23N5O2. The van der Waals surface area contributed by atoms with Crippen molar-refractivity contribution in [1.82, 2.24) is 9.88 Å². The third kappa shape index (κ3) is 4.91. The minimum atomic E-state index is -0.111. The molecule has 1 saturated heterocycles. The summed E-state index contributed by atoms with van der Waals surface area (Å²) in [6.45, 7) is 4.67. The summed E-state index contributed by atoms with van der Waals surface area (Å²) in [6.07, 6.45) is 5.12. The molecule has 33 heavy (non-hydrogen) atoms. The number of hydrogen-bond donors (Lipinski definition) is 2. The van der Waals surface area contributed by atoms with Crippen LogP contribution in [0.25, 0.3) is 0 Å². The van der Waals surface area contributed by atoms with Gasteiger partial charge in [0, 0.05) is 42.7 Å². The lowest BCUT2D eigenvalue weighted by Gasteiger charge is -2.19. The van der Waals surface area contributed by atoms with E-state index in [4.69, 9.17) is 10.1 Å². The Labute approximate surface area is 192 Å². The van der Waals surface area contributed by atoms with Gasteiger partial charge in [-0.2, -0.15) is 5.26 Å². The van der Waals surface area contributed by atoms with Gasteiger partial charge in [0.2, 0.25) is 5.91 Å². The van der Waals surface area contributed by atoms with Crippen LogP contribution in [0.2, 0.25) is 0 Å². The van der Waals surface area contributed by atoms with Gasteiger partial charge in [-0.05, 0) is 48.9 Å². The SMILES string of the molecule is C=CC(=O)N1CCC(Nc2c(C#N)cncc2C(=N)c2ccc(Oc3ccccc3)cc2)C1. The van der Waals surface area contributed by atoms with Crippen LogP contribution >= 0.6 is 0 Å². The molecule has 3 aromatic rings. The normalized spacial score (nSPS) is 14.9. The van der Waals surface area contributed by atoms with E-state index in [2.05, 4.69) is 22.9 Å². The van der Waals surface area contributed by atoms with E-state index < -0.39 is 0 Å². The smallest absolute Gasteiger partial charge is 0.246 e. The van der Waals surface area contributed by atoms with E-state index >= 15 is 0 Å². The van der Waals surface area contributed by atoms with Crippen molar-refractivity contribution < 1.29 is 9.53 Å². The van der Waals surface area contributed by atoms with E-state index in [0.29, 0.717) is 41.2 Å². The van der Waals surface area contributed by atoms with Gasteiger partial charge < -0.3 is 15.0 Å². The van der Waals surface area contributed by atoms with Crippen molar-refractivity contribution in [3.05, 3.63) is 96.3 Å². The molecule has 2 aromatic carbocycles. The van der Waals surface area contributed by atoms with E-state index in [1.165, 1.54) is 12.3 Å². The number of nitriles is 1. The summed E-state index contributed by atoms with van der Waals surface area (Å²) in [5.74, 6) is 1.29. The van der Waals surface area contributed by atoms with E-state index in [1.54, 1.807) is 23.2 Å². The summed E-state index contributed by atoms with van der Waals surface area (Å²) in [5, 5.41) is 21.8. The van der Waals surface area contributed by atoms with Crippen LogP contribution in [0.1, 0.15) is 23.1 Å². The summed E-state index contributed by atoms with van der Waals surface area (Å²) in [7, 11) is 0. The lowest BCUT2D eigenvalue weighted by atomic mass is 10.00. The molecule has 4 rings (SSSR count). The second kappa shape index (κ2) is 9.79. The van der Waals surface area contributed by atoms with Crippen molar-refractivity contribution in [2.45, 2.75) is 12.5 Å². The molecule has 1 aromatic heterocycles. The molecule has 1 aliphatic rings. The van der Waals surface area contributed by atoms with Crippen LogP contribution < -0.4 is 10.1 Å². The van der Waals surface area contributed by atoms with Crippen molar-refractivity contribution in [1.29, 1.82) is 10.7 Å². The molecule has 0 bridgehead atoms. The number of likely N-dealkylation sites (tertiary alicyclic amines) is 1. The molecule has 1 atom stereocenters. The van der Waals surface area contributed by atoms with Crippen LogP contribution in [0.5, 0.6) is 11.5 Å². The van der Waals surface area contributed by atoms with Crippen molar-refractivity contribution >= 4 is 17.3 Å². The van der Waals surface area contributed by atoms with Crippen molar-refractivity contribution in [2.75, 3.05) is 18.4 Å². The zero-order valence-corrected chi connectivity index (χ0v) is 18.0. The minimum absolute atomic E-state index is 0.0309. The van der Waals surface area contributed by atoms with Crippen molar-refractivity contribution in [3.8, 4) is 17.6 Å². The zero-order valence-electron chi connectivity index (χ0n) is 18.0. The summed E-state index contributed by atoms with van der Waals surface area (Å²) >= 11 is 0. The Bertz CT molecular complexity index is 1220. The number of nitrogens with one attached hydrogen (secondary N) is 2. The first kappa shape index (κ1) is 21.8. The van der Waals surface area contributed by atoms with Gasteiger partial charge in [-0.25, -0.2) is 0 Å². The second-order valence-corrected chi connectivity index (χ2v) is 7.65. The molecule has 1 unspecified atom stereocenters. The van der Waals surface area contributed by atoms with Crippen LogP contribution in [0, 0.1) is 16.7 Å². The van der Waals surface area contributed by atoms with E-state index in [-0.39, 0.29) is 17.7 Å². The maximum Gasteiger partial charge on any atom is 0.246 e. The first-order chi connectivity index (χ1) is 16.1. The lowest BCUT2D eigenvalue weighted by molar-refractivity contribution is -0.125. The zero-order chi connectivity index (χ0) is 23.2. The highest BCUT2D eigenvalue weighted by Gasteiger charge is 2.26. The summed E-state index contributed by atoms with van der Waals surface area (Å²) < 4.78 is 5.83. The molecular weight excluding hydrogens is 414 g/mol. The number of hydrogen-bond acceptors (Lipinski definition) is 6. The van der Waals surface area contributed by atoms with Gasteiger partial charge in [0.1, 0.15) is 17.6 Å². The average molecular weight is 438 g/mol. The molecule has 2 heterocycles. The Morgan fingerprint density at radius 3 is 2.61 bits per heavy atom. The standard InChI is InChI=1S/C26H23N5O2/c1-2-24(32)31-13-12-20(17-31)30-26-19(14-27)15-29-16-23(26)25(28)18-8-10-22(11-9-18)33-21-6-4-3-5-7-21/h2-11,15-16,20,28H,1,12-13,17H2,(H,29,30). The monoisotopic (exact) mass is 437 g/mol. The van der Waals surface area contributed by atoms with Gasteiger partial charge in [0.25, 0.3) is 0 Å². The molecule has 7 heteroatoms. The van der Waals surface area contributed by atoms with Gasteiger partial charge in [0.05, 0.1) is 17.0 Å². The van der Waals surface area contributed by atoms with E-state index in [9.17, 15) is 10.1 Å². The largest absolute Gasteiger partial charge is 0.457 e. The van der Waals surface area contributed by atoms with Crippen molar-refractivity contribution in [3.63, 3.8) is 0 Å². The molecule has 1 amide bonds. The maximum atomic E-state index is 11.9. The predicted molar refractivity (Wildman–Crippen MR) is 127 cm³/mol. The minimum Gasteiger partial charge on any atom is -0.457 e. The molecule has 0 saturated carbocycles. The van der Waals surface area contributed by atoms with Gasteiger partial charge in [-0.1, -0.05) is 24.8 Å². The molecule has 0 aliphatic carbocycles. The molecule has 2 N–H and O–H groups in total. The van der Waals surface area contributed by atoms with E-state index in [0.717, 1.165) is 12.2 Å². The summed E-state index contributed by atoms with van der Waals surface area (Å²) in [5.41, 5.74) is 2.35. The highest BCUT2D eigenvalue weighted by Crippen LogP contribution is 2.27. The maximum absolute atomic E-state index is 11.9. The number of para-hydroxylation sites is 1. The summed E-state index contributed by atoms with van der Waals surface area (Å²) in [6, 6.07) is 18.8. The van der Waals surface area contributed by atoms with Gasteiger partial charge >= 0.3 is 0 Å². The van der Waals surface area contributed by atoms with Gasteiger partial charge in [-0.3, -0.25) is 15.2 Å². The summed E-state index contributed by atoms with van der Waals surface area (Å²) in [4.78, 5) is 17.8. The average Bonchev–Trinajstić information content (AvgIpc) is 3.33. The number of aromatic nitrogens is 1. The number of anilines is 1. The number of carbonyl (C=O) groups is 1. The number of nitrogens with zero attached hydrogens (tertiary/aromatic N) is 3. The van der Waals surface area contributed by atoms with Gasteiger partial charge in [0.15, 0.2) is 0 Å². The predicted octanol–water partition coefficient (Wildman–Crippen LogP) is 4.36. The van der Waals surface area contributed by atoms with E-state index in [1.807, 2.05) is 42.5 Å². The third-order valence-corrected chi connectivity index (χ3v) is 5.48. The Morgan fingerprint density at radius 2 is 1.91 bits per heavy atom. The number of carbonyl (C=O) groups excluding carboxylic acids is 1. The number of pyridine rings is 1. The fraction of sp³-hybridized carbons (Fsp3) is 0.154. The first-order valence-corrected chi connectivity index (χ1v) is 10.6. The van der Waals surface area contributed by atoms with Crippen LogP contribution in [0.15, 0.2) is 79.6 Å². The molecule has 0 radical (unpaired) electrons. The fourth-order valence-electron chi connectivity index (χ4n) is 3.77. The second-order valence-electron chi connectivity index (χ2n) is 7.65. The molecule has 0 spiro atoms. The topological polar surface area (TPSA) is 102 Å². The van der Waals surface area contributed by atoms with Gasteiger partial charge in [-0.15, -0.1) is 0 Å².